The third-order valence-corrected chi connectivity index (χ3v) is 3.00. The SMILES string of the molecule is CC(C)(CC(N)=O)Nc1nc(N)nc(N2CCOCC2)n1. The molecule has 0 bridgehead atoms. The summed E-state index contributed by atoms with van der Waals surface area (Å²) in [5.41, 5.74) is 10.4. The van der Waals surface area contributed by atoms with Gasteiger partial charge in [0.15, 0.2) is 0 Å². The molecule has 0 unspecified atom stereocenters. The van der Waals surface area contributed by atoms with Gasteiger partial charge in [-0.05, 0) is 13.8 Å². The summed E-state index contributed by atoms with van der Waals surface area (Å²) < 4.78 is 5.29. The first kappa shape index (κ1) is 15.2. The quantitative estimate of drug-likeness (QED) is 0.653. The van der Waals surface area contributed by atoms with E-state index in [1.54, 1.807) is 0 Å². The molecule has 0 atom stereocenters. The number of carbonyl (C=O) groups excluding carboxylic acids is 1. The van der Waals surface area contributed by atoms with Gasteiger partial charge in [0.25, 0.3) is 0 Å². The number of nitrogens with two attached hydrogens (primary N) is 2. The second kappa shape index (κ2) is 6.08. The zero-order valence-corrected chi connectivity index (χ0v) is 12.3. The highest BCUT2D eigenvalue weighted by Crippen LogP contribution is 2.18. The molecule has 5 N–H and O–H groups in total. The predicted molar refractivity (Wildman–Crippen MR) is 78.8 cm³/mol. The second-order valence-corrected chi connectivity index (χ2v) is 5.57. The van der Waals surface area contributed by atoms with Crippen LogP contribution < -0.4 is 21.7 Å². The molecule has 0 saturated carbocycles. The van der Waals surface area contributed by atoms with Crippen molar-refractivity contribution in [1.82, 2.24) is 15.0 Å². The van der Waals surface area contributed by atoms with Gasteiger partial charge >= 0.3 is 0 Å². The molecule has 1 saturated heterocycles. The van der Waals surface area contributed by atoms with Gasteiger partial charge in [-0.1, -0.05) is 0 Å². The Kier molecular flexibility index (Phi) is 4.41. The number of rotatable bonds is 5. The number of ether oxygens (including phenoxy) is 1. The highest BCUT2D eigenvalue weighted by molar-refractivity contribution is 5.75. The van der Waals surface area contributed by atoms with Gasteiger partial charge in [0.05, 0.1) is 13.2 Å². The van der Waals surface area contributed by atoms with Crippen LogP contribution in [0.5, 0.6) is 0 Å². The smallest absolute Gasteiger partial charge is 0.232 e. The van der Waals surface area contributed by atoms with E-state index < -0.39 is 11.4 Å². The van der Waals surface area contributed by atoms with E-state index in [9.17, 15) is 4.79 Å². The number of amides is 1. The van der Waals surface area contributed by atoms with E-state index in [-0.39, 0.29) is 12.4 Å². The van der Waals surface area contributed by atoms with E-state index >= 15 is 0 Å². The van der Waals surface area contributed by atoms with Gasteiger partial charge in [-0.15, -0.1) is 0 Å². The minimum Gasteiger partial charge on any atom is -0.378 e. The summed E-state index contributed by atoms with van der Waals surface area (Å²) in [6, 6.07) is 0. The van der Waals surface area contributed by atoms with Crippen LogP contribution in [0.4, 0.5) is 17.8 Å². The number of nitrogens with zero attached hydrogens (tertiary/aromatic N) is 4. The Labute approximate surface area is 123 Å². The van der Waals surface area contributed by atoms with Gasteiger partial charge < -0.3 is 26.4 Å². The molecule has 1 aromatic rings. The first-order valence-corrected chi connectivity index (χ1v) is 6.76. The number of hydrogen-bond donors (Lipinski definition) is 3. The fraction of sp³-hybridized carbons (Fsp3) is 0.667. The highest BCUT2D eigenvalue weighted by atomic mass is 16.5. The van der Waals surface area contributed by atoms with Gasteiger partial charge in [-0.3, -0.25) is 4.79 Å². The molecule has 21 heavy (non-hydrogen) atoms. The Bertz CT molecular complexity index is 514. The van der Waals surface area contributed by atoms with Crippen molar-refractivity contribution in [3.05, 3.63) is 0 Å². The van der Waals surface area contributed by atoms with Crippen LogP contribution in [0, 0.1) is 0 Å². The van der Waals surface area contributed by atoms with Crippen LogP contribution in [0.15, 0.2) is 0 Å². The molecule has 0 spiro atoms. The minimum absolute atomic E-state index is 0.129. The van der Waals surface area contributed by atoms with Crippen LogP contribution in [0.2, 0.25) is 0 Å². The molecule has 9 heteroatoms. The summed E-state index contributed by atoms with van der Waals surface area (Å²) in [4.78, 5) is 25.6. The summed E-state index contributed by atoms with van der Waals surface area (Å²) in [6.45, 7) is 6.34. The van der Waals surface area contributed by atoms with Crippen molar-refractivity contribution in [3.8, 4) is 0 Å². The summed E-state index contributed by atoms with van der Waals surface area (Å²) in [7, 11) is 0. The second-order valence-electron chi connectivity index (χ2n) is 5.57. The first-order valence-electron chi connectivity index (χ1n) is 6.76. The van der Waals surface area contributed by atoms with Gasteiger partial charge in [-0.25, -0.2) is 0 Å². The Morgan fingerprint density at radius 1 is 1.33 bits per heavy atom. The van der Waals surface area contributed by atoms with E-state index in [1.807, 2.05) is 18.7 Å². The van der Waals surface area contributed by atoms with Gasteiger partial charge in [0, 0.05) is 25.0 Å². The maximum absolute atomic E-state index is 11.1. The van der Waals surface area contributed by atoms with Crippen molar-refractivity contribution in [1.29, 1.82) is 0 Å². The lowest BCUT2D eigenvalue weighted by atomic mass is 10.0. The lowest BCUT2D eigenvalue weighted by Gasteiger charge is -2.28. The average molecular weight is 295 g/mol. The molecule has 1 aliphatic heterocycles. The Hall–Kier alpha value is -2.16. The number of carbonyl (C=O) groups is 1. The average Bonchev–Trinajstić information content (AvgIpc) is 2.36. The number of anilines is 3. The van der Waals surface area contributed by atoms with Gasteiger partial charge in [-0.2, -0.15) is 15.0 Å². The van der Waals surface area contributed by atoms with Crippen LogP contribution in [-0.4, -0.2) is 52.7 Å². The highest BCUT2D eigenvalue weighted by Gasteiger charge is 2.23. The molecule has 1 amide bonds. The third-order valence-electron chi connectivity index (χ3n) is 3.00. The lowest BCUT2D eigenvalue weighted by molar-refractivity contribution is -0.118. The van der Waals surface area contributed by atoms with Crippen molar-refractivity contribution in [3.63, 3.8) is 0 Å². The van der Waals surface area contributed by atoms with Crippen molar-refractivity contribution in [2.24, 2.45) is 5.73 Å². The molecule has 1 aromatic heterocycles. The minimum atomic E-state index is -0.568. The summed E-state index contributed by atoms with van der Waals surface area (Å²) >= 11 is 0. The van der Waals surface area contributed by atoms with E-state index in [0.717, 1.165) is 0 Å². The maximum Gasteiger partial charge on any atom is 0.232 e. The largest absolute Gasteiger partial charge is 0.378 e. The zero-order chi connectivity index (χ0) is 15.5. The molecule has 9 nitrogen and oxygen atoms in total. The topological polar surface area (TPSA) is 132 Å². The number of nitrogen functional groups attached to an aromatic ring is 1. The Balaban J connectivity index is 2.16. The summed E-state index contributed by atoms with van der Waals surface area (Å²) in [5, 5.41) is 3.07. The van der Waals surface area contributed by atoms with Crippen molar-refractivity contribution in [2.75, 3.05) is 42.3 Å². The monoisotopic (exact) mass is 295 g/mol. The molecule has 2 rings (SSSR count). The van der Waals surface area contributed by atoms with Gasteiger partial charge in [0.1, 0.15) is 0 Å². The fourth-order valence-corrected chi connectivity index (χ4v) is 2.12. The number of nitrogens with one attached hydrogen (secondary N) is 1. The Morgan fingerprint density at radius 2 is 2.00 bits per heavy atom. The van der Waals surface area contributed by atoms with Crippen LogP contribution in [0.1, 0.15) is 20.3 Å². The Morgan fingerprint density at radius 3 is 2.62 bits per heavy atom. The number of aromatic nitrogens is 3. The van der Waals surface area contributed by atoms with E-state index in [2.05, 4.69) is 20.3 Å². The summed E-state index contributed by atoms with van der Waals surface area (Å²) in [5.74, 6) is 0.560. The molecular formula is C12H21N7O2. The van der Waals surface area contributed by atoms with Crippen LogP contribution in [0.3, 0.4) is 0 Å². The van der Waals surface area contributed by atoms with Crippen LogP contribution in [-0.2, 0) is 9.53 Å². The fourth-order valence-electron chi connectivity index (χ4n) is 2.12. The predicted octanol–water partition coefficient (Wildman–Crippen LogP) is -0.644. The molecule has 2 heterocycles. The first-order chi connectivity index (χ1) is 9.85. The molecule has 0 aromatic carbocycles. The summed E-state index contributed by atoms with van der Waals surface area (Å²) in [6.07, 6.45) is 0.158. The molecule has 116 valence electrons. The van der Waals surface area contributed by atoms with Crippen LogP contribution >= 0.6 is 0 Å². The molecule has 1 fully saturated rings. The number of morpholine rings is 1. The van der Waals surface area contributed by atoms with Gasteiger partial charge in [0.2, 0.25) is 23.8 Å². The normalized spacial score (nSPS) is 15.8. The third kappa shape index (κ3) is 4.42. The molecular weight excluding hydrogens is 274 g/mol. The van der Waals surface area contributed by atoms with Crippen molar-refractivity contribution >= 4 is 23.8 Å². The van der Waals surface area contributed by atoms with Crippen molar-refractivity contribution in [2.45, 2.75) is 25.8 Å². The van der Waals surface area contributed by atoms with Crippen LogP contribution in [0.25, 0.3) is 0 Å². The molecule has 1 aliphatic rings. The van der Waals surface area contributed by atoms with Crippen molar-refractivity contribution < 1.29 is 9.53 Å². The van der Waals surface area contributed by atoms with E-state index in [0.29, 0.717) is 38.2 Å². The molecule has 0 radical (unpaired) electrons. The standard InChI is InChI=1S/C12H21N7O2/c1-12(2,7-8(13)20)18-10-15-9(14)16-11(17-10)19-3-5-21-6-4-19/h3-7H2,1-2H3,(H2,13,20)(H3,14,15,16,17,18). The lowest BCUT2D eigenvalue weighted by Crippen LogP contribution is -2.39. The molecule has 0 aliphatic carbocycles. The van der Waals surface area contributed by atoms with E-state index in [1.165, 1.54) is 0 Å². The number of primary amides is 1. The zero-order valence-electron chi connectivity index (χ0n) is 12.3. The number of hydrogen-bond acceptors (Lipinski definition) is 8. The van der Waals surface area contributed by atoms with E-state index in [4.69, 9.17) is 16.2 Å². The maximum atomic E-state index is 11.1.